The van der Waals surface area contributed by atoms with Gasteiger partial charge >= 0.3 is 0 Å². The molecule has 0 bridgehead atoms. The monoisotopic (exact) mass is 266 g/mol. The average molecular weight is 267 g/mol. The van der Waals surface area contributed by atoms with E-state index >= 15 is 0 Å². The lowest BCUT2D eigenvalue weighted by atomic mass is 11.2. The first kappa shape index (κ1) is 10.3. The summed E-state index contributed by atoms with van der Waals surface area (Å²) in [6, 6.07) is 0. The molecule has 2 heterocycles. The summed E-state index contributed by atoms with van der Waals surface area (Å²) >= 11 is 16.8. The van der Waals surface area contributed by atoms with E-state index in [-0.39, 0.29) is 15.9 Å². The Morgan fingerprint density at radius 3 is 2.13 bits per heavy atom. The fraction of sp³-hybridized carbons (Fsp3) is 0. The molecule has 0 saturated carbocycles. The van der Waals surface area contributed by atoms with E-state index in [1.54, 1.807) is 0 Å². The maximum Gasteiger partial charge on any atom is 0.248 e. The second-order valence-electron chi connectivity index (χ2n) is 2.17. The molecule has 0 amide bonds. The van der Waals surface area contributed by atoms with Gasteiger partial charge in [-0.25, -0.2) is 0 Å². The first-order valence-corrected chi connectivity index (χ1v) is 4.56. The summed E-state index contributed by atoms with van der Waals surface area (Å²) in [5.41, 5.74) is 0. The molecule has 0 aromatic carbocycles. The zero-order chi connectivity index (χ0) is 10.8. The van der Waals surface area contributed by atoms with Gasteiger partial charge in [0.2, 0.25) is 15.9 Å². The SMILES string of the molecule is Clc1nncn1N=Nn1c(Cl)nnc1Cl. The normalized spacial score (nSPS) is 11.4. The van der Waals surface area contributed by atoms with E-state index in [1.807, 2.05) is 0 Å². The van der Waals surface area contributed by atoms with Crippen LogP contribution >= 0.6 is 34.8 Å². The van der Waals surface area contributed by atoms with Crippen LogP contribution in [0.15, 0.2) is 16.8 Å². The van der Waals surface area contributed by atoms with Crippen molar-refractivity contribution in [2.45, 2.75) is 0 Å². The van der Waals surface area contributed by atoms with E-state index in [0.29, 0.717) is 0 Å². The Hall–Kier alpha value is -1.25. The molecule has 2 aromatic rings. The van der Waals surface area contributed by atoms with E-state index < -0.39 is 0 Å². The third kappa shape index (κ3) is 2.06. The quantitative estimate of drug-likeness (QED) is 0.772. The number of hydrogen-bond acceptors (Lipinski definition) is 6. The Morgan fingerprint density at radius 2 is 1.60 bits per heavy atom. The van der Waals surface area contributed by atoms with Crippen LogP contribution < -0.4 is 0 Å². The van der Waals surface area contributed by atoms with E-state index in [0.717, 1.165) is 9.35 Å². The fourth-order valence-electron chi connectivity index (χ4n) is 0.676. The number of hydrogen-bond donors (Lipinski definition) is 0. The molecule has 0 N–H and O–H groups in total. The minimum absolute atomic E-state index is 0.0204. The Morgan fingerprint density at radius 1 is 0.933 bits per heavy atom. The average Bonchev–Trinajstić information content (AvgIpc) is 2.73. The number of halogens is 3. The highest BCUT2D eigenvalue weighted by molar-refractivity contribution is 6.31. The summed E-state index contributed by atoms with van der Waals surface area (Å²) in [5, 5.41) is 21.1. The minimum atomic E-state index is -0.0204. The summed E-state index contributed by atoms with van der Waals surface area (Å²) in [5.74, 6) is 0. The van der Waals surface area contributed by atoms with Gasteiger partial charge in [-0.3, -0.25) is 0 Å². The van der Waals surface area contributed by atoms with E-state index in [9.17, 15) is 0 Å². The molecule has 78 valence electrons. The predicted molar refractivity (Wildman–Crippen MR) is 50.7 cm³/mol. The van der Waals surface area contributed by atoms with Crippen molar-refractivity contribution >= 4 is 34.8 Å². The van der Waals surface area contributed by atoms with Crippen LogP contribution in [0.4, 0.5) is 0 Å². The van der Waals surface area contributed by atoms with Crippen molar-refractivity contribution in [1.29, 1.82) is 0 Å². The van der Waals surface area contributed by atoms with Crippen LogP contribution in [0.1, 0.15) is 0 Å². The first-order chi connectivity index (χ1) is 7.18. The van der Waals surface area contributed by atoms with Crippen LogP contribution in [0.5, 0.6) is 0 Å². The van der Waals surface area contributed by atoms with Crippen molar-refractivity contribution in [3.05, 3.63) is 22.2 Å². The van der Waals surface area contributed by atoms with Crippen LogP contribution in [0.2, 0.25) is 15.9 Å². The summed E-state index contributed by atoms with van der Waals surface area (Å²) in [7, 11) is 0. The second-order valence-corrected chi connectivity index (χ2v) is 3.19. The van der Waals surface area contributed by atoms with Crippen LogP contribution in [-0.4, -0.2) is 29.7 Å². The molecule has 0 spiro atoms. The zero-order valence-electron chi connectivity index (χ0n) is 6.79. The molecule has 15 heavy (non-hydrogen) atoms. The molecule has 0 aliphatic rings. The van der Waals surface area contributed by atoms with E-state index in [2.05, 4.69) is 30.8 Å². The lowest BCUT2D eigenvalue weighted by molar-refractivity contribution is 0.684. The van der Waals surface area contributed by atoms with Gasteiger partial charge < -0.3 is 0 Å². The molecule has 8 nitrogen and oxygen atoms in total. The summed E-state index contributed by atoms with van der Waals surface area (Å²) in [4.78, 5) is 0. The molecule has 0 atom stereocenters. The zero-order valence-corrected chi connectivity index (χ0v) is 9.06. The Balaban J connectivity index is 2.30. The lowest BCUT2D eigenvalue weighted by Crippen LogP contribution is -1.91. The maximum atomic E-state index is 5.60. The molecular formula is C4HCl3N8. The third-order valence-corrected chi connectivity index (χ3v) is 2.00. The van der Waals surface area contributed by atoms with Gasteiger partial charge in [-0.05, 0) is 45.2 Å². The van der Waals surface area contributed by atoms with Gasteiger partial charge in [-0.15, -0.1) is 20.4 Å². The van der Waals surface area contributed by atoms with Gasteiger partial charge in [0, 0.05) is 0 Å². The van der Waals surface area contributed by atoms with Crippen molar-refractivity contribution in [3.63, 3.8) is 0 Å². The largest absolute Gasteiger partial charge is 0.248 e. The highest BCUT2D eigenvalue weighted by Gasteiger charge is 2.06. The maximum absolute atomic E-state index is 5.60. The Labute approximate surface area is 97.4 Å². The smallest absolute Gasteiger partial charge is 0.170 e. The molecule has 0 fully saturated rings. The fourth-order valence-corrected chi connectivity index (χ4v) is 1.14. The number of aromatic nitrogens is 6. The van der Waals surface area contributed by atoms with Crippen LogP contribution in [0.25, 0.3) is 0 Å². The minimum Gasteiger partial charge on any atom is -0.170 e. The van der Waals surface area contributed by atoms with Crippen LogP contribution in [0, 0.1) is 0 Å². The van der Waals surface area contributed by atoms with Gasteiger partial charge in [0.15, 0.2) is 0 Å². The van der Waals surface area contributed by atoms with Gasteiger partial charge in [-0.1, -0.05) is 0 Å². The molecular weight excluding hydrogens is 266 g/mol. The molecule has 2 aromatic heterocycles. The first-order valence-electron chi connectivity index (χ1n) is 3.42. The highest BCUT2D eigenvalue weighted by Crippen LogP contribution is 2.12. The van der Waals surface area contributed by atoms with Gasteiger partial charge in [0.05, 0.1) is 0 Å². The Bertz CT molecular complexity index is 480. The van der Waals surface area contributed by atoms with Gasteiger partial charge in [0.1, 0.15) is 6.33 Å². The topological polar surface area (TPSA) is 86.1 Å². The molecule has 0 saturated heterocycles. The van der Waals surface area contributed by atoms with Gasteiger partial charge in [-0.2, -0.15) is 9.35 Å². The molecule has 0 aliphatic carbocycles. The summed E-state index contributed by atoms with van der Waals surface area (Å²) in [6.45, 7) is 0. The number of rotatable bonds is 2. The standard InChI is InChI=1S/C4HCl3N8/c5-2-9-8-1-14(2)12-13-15-3(6)10-11-4(15)7/h1H. The van der Waals surface area contributed by atoms with Crippen molar-refractivity contribution in [2.24, 2.45) is 10.4 Å². The molecule has 0 radical (unpaired) electrons. The van der Waals surface area contributed by atoms with Gasteiger partial charge in [0.25, 0.3) is 0 Å². The predicted octanol–water partition coefficient (Wildman–Crippen LogP) is 1.51. The van der Waals surface area contributed by atoms with Crippen molar-refractivity contribution in [1.82, 2.24) is 29.7 Å². The summed E-state index contributed by atoms with van der Waals surface area (Å²) in [6.07, 6.45) is 1.26. The highest BCUT2D eigenvalue weighted by atomic mass is 35.5. The van der Waals surface area contributed by atoms with Crippen molar-refractivity contribution in [2.75, 3.05) is 0 Å². The van der Waals surface area contributed by atoms with Crippen molar-refractivity contribution < 1.29 is 0 Å². The van der Waals surface area contributed by atoms with E-state index in [4.69, 9.17) is 34.8 Å². The second kappa shape index (κ2) is 4.09. The number of nitrogens with zero attached hydrogens (tertiary/aromatic N) is 8. The van der Waals surface area contributed by atoms with Crippen LogP contribution in [-0.2, 0) is 0 Å². The lowest BCUT2D eigenvalue weighted by Gasteiger charge is -1.92. The summed E-state index contributed by atoms with van der Waals surface area (Å²) < 4.78 is 2.13. The van der Waals surface area contributed by atoms with Crippen molar-refractivity contribution in [3.8, 4) is 0 Å². The Kier molecular flexibility index (Phi) is 2.80. The van der Waals surface area contributed by atoms with E-state index in [1.165, 1.54) is 6.33 Å². The van der Waals surface area contributed by atoms with Crippen LogP contribution in [0.3, 0.4) is 0 Å². The molecule has 0 aliphatic heterocycles. The third-order valence-electron chi connectivity index (χ3n) is 1.28. The molecule has 0 unspecified atom stereocenters. The molecule has 11 heteroatoms. The molecule has 2 rings (SSSR count).